The van der Waals surface area contributed by atoms with Crippen LogP contribution in [0.1, 0.15) is 10.6 Å². The van der Waals surface area contributed by atoms with Crippen molar-refractivity contribution in [3.63, 3.8) is 0 Å². The molecule has 0 aliphatic heterocycles. The molecular formula is C11H9F4N3OS. The van der Waals surface area contributed by atoms with E-state index in [1.54, 1.807) is 0 Å². The lowest BCUT2D eigenvalue weighted by Gasteiger charge is -2.05. The molecule has 0 spiro atoms. The molecule has 0 unspecified atom stereocenters. The first-order valence-corrected chi connectivity index (χ1v) is 6.26. The maximum Gasteiger partial charge on any atom is 0.395 e. The monoisotopic (exact) mass is 307 g/mol. The van der Waals surface area contributed by atoms with Crippen molar-refractivity contribution in [1.82, 2.24) is 10.2 Å². The summed E-state index contributed by atoms with van der Waals surface area (Å²) in [7, 11) is 0. The van der Waals surface area contributed by atoms with Gasteiger partial charge in [0, 0.05) is 12.1 Å². The summed E-state index contributed by atoms with van der Waals surface area (Å²) in [5.74, 6) is -1.26. The number of aromatic hydroxyl groups is 1. The summed E-state index contributed by atoms with van der Waals surface area (Å²) in [6, 6.07) is 4.01. The second kappa shape index (κ2) is 5.61. The Balaban J connectivity index is 1.99. The van der Waals surface area contributed by atoms with Crippen molar-refractivity contribution < 1.29 is 22.7 Å². The summed E-state index contributed by atoms with van der Waals surface area (Å²) in [4.78, 5) is 0. The van der Waals surface area contributed by atoms with Crippen LogP contribution in [-0.2, 0) is 13.0 Å². The molecule has 0 aliphatic rings. The molecule has 0 atom stereocenters. The van der Waals surface area contributed by atoms with Gasteiger partial charge < -0.3 is 10.4 Å². The van der Waals surface area contributed by atoms with Crippen LogP contribution >= 0.6 is 11.3 Å². The average Bonchev–Trinajstić information content (AvgIpc) is 2.76. The van der Waals surface area contributed by atoms with Crippen molar-refractivity contribution in [2.75, 3.05) is 5.32 Å². The third kappa shape index (κ3) is 3.80. The molecule has 1 aromatic heterocycles. The number of para-hydroxylation sites is 1. The number of nitrogens with one attached hydrogen (secondary N) is 1. The minimum Gasteiger partial charge on any atom is -0.505 e. The van der Waals surface area contributed by atoms with Gasteiger partial charge in [0.2, 0.25) is 5.13 Å². The van der Waals surface area contributed by atoms with E-state index in [0.717, 1.165) is 17.4 Å². The van der Waals surface area contributed by atoms with Gasteiger partial charge >= 0.3 is 6.18 Å². The van der Waals surface area contributed by atoms with Crippen molar-refractivity contribution in [3.8, 4) is 5.75 Å². The molecule has 9 heteroatoms. The lowest BCUT2D eigenvalue weighted by molar-refractivity contribution is -0.127. The van der Waals surface area contributed by atoms with Gasteiger partial charge in [-0.3, -0.25) is 0 Å². The average molecular weight is 307 g/mol. The predicted molar refractivity (Wildman–Crippen MR) is 65.1 cm³/mol. The summed E-state index contributed by atoms with van der Waals surface area (Å²) in [5, 5.41) is 19.1. The van der Waals surface area contributed by atoms with Gasteiger partial charge in [-0.25, -0.2) is 4.39 Å². The minimum atomic E-state index is -4.34. The molecule has 4 nitrogen and oxygen atoms in total. The van der Waals surface area contributed by atoms with Gasteiger partial charge in [0.1, 0.15) is 5.01 Å². The Bertz CT molecular complexity index is 600. The van der Waals surface area contributed by atoms with Crippen LogP contribution in [0.25, 0.3) is 0 Å². The number of benzene rings is 1. The van der Waals surface area contributed by atoms with E-state index in [1.807, 2.05) is 0 Å². The normalized spacial score (nSPS) is 11.6. The largest absolute Gasteiger partial charge is 0.505 e. The van der Waals surface area contributed by atoms with Gasteiger partial charge in [0.15, 0.2) is 11.6 Å². The molecule has 0 fully saturated rings. The molecule has 2 N–H and O–H groups in total. The molecule has 0 amide bonds. The highest BCUT2D eigenvalue weighted by atomic mass is 32.1. The van der Waals surface area contributed by atoms with E-state index in [0.29, 0.717) is 0 Å². The van der Waals surface area contributed by atoms with Crippen LogP contribution < -0.4 is 5.32 Å². The highest BCUT2D eigenvalue weighted by Gasteiger charge is 2.29. The molecule has 0 saturated heterocycles. The summed E-state index contributed by atoms with van der Waals surface area (Å²) >= 11 is 0.760. The summed E-state index contributed by atoms with van der Waals surface area (Å²) < 4.78 is 49.5. The van der Waals surface area contributed by atoms with Crippen LogP contribution in [0.3, 0.4) is 0 Å². The van der Waals surface area contributed by atoms with Crippen LogP contribution in [0.2, 0.25) is 0 Å². The molecule has 2 aromatic rings. The van der Waals surface area contributed by atoms with Crippen LogP contribution in [0.5, 0.6) is 5.75 Å². The van der Waals surface area contributed by atoms with Crippen molar-refractivity contribution in [2.45, 2.75) is 19.1 Å². The molecule has 0 aliphatic carbocycles. The quantitative estimate of drug-likeness (QED) is 0.852. The summed E-state index contributed by atoms with van der Waals surface area (Å²) in [6.07, 6.45) is -5.48. The van der Waals surface area contributed by atoms with Crippen LogP contribution in [0, 0.1) is 5.82 Å². The molecule has 20 heavy (non-hydrogen) atoms. The number of hydrogen-bond acceptors (Lipinski definition) is 5. The van der Waals surface area contributed by atoms with E-state index in [-0.39, 0.29) is 22.2 Å². The fraction of sp³-hybridized carbons (Fsp3) is 0.273. The Morgan fingerprint density at radius 1 is 1.25 bits per heavy atom. The van der Waals surface area contributed by atoms with Crippen LogP contribution in [-0.4, -0.2) is 21.5 Å². The topological polar surface area (TPSA) is 58.0 Å². The van der Waals surface area contributed by atoms with Crippen molar-refractivity contribution in [3.05, 3.63) is 34.6 Å². The first kappa shape index (κ1) is 14.5. The molecule has 1 heterocycles. The fourth-order valence-corrected chi connectivity index (χ4v) is 2.21. The van der Waals surface area contributed by atoms with Gasteiger partial charge in [-0.15, -0.1) is 10.2 Å². The highest BCUT2D eigenvalue weighted by Crippen LogP contribution is 2.26. The maximum absolute atomic E-state index is 13.1. The van der Waals surface area contributed by atoms with E-state index in [2.05, 4.69) is 15.5 Å². The van der Waals surface area contributed by atoms with E-state index in [9.17, 15) is 22.7 Å². The van der Waals surface area contributed by atoms with E-state index < -0.39 is 24.2 Å². The molecule has 0 radical (unpaired) electrons. The summed E-state index contributed by atoms with van der Waals surface area (Å²) in [6.45, 7) is 0.0320. The van der Waals surface area contributed by atoms with Crippen molar-refractivity contribution in [2.24, 2.45) is 0 Å². The molecule has 1 aromatic carbocycles. The van der Waals surface area contributed by atoms with E-state index >= 15 is 0 Å². The van der Waals surface area contributed by atoms with Gasteiger partial charge in [-0.2, -0.15) is 13.2 Å². The third-order valence-electron chi connectivity index (χ3n) is 2.32. The Morgan fingerprint density at radius 2 is 2.00 bits per heavy atom. The third-order valence-corrected chi connectivity index (χ3v) is 3.20. The number of hydrogen-bond donors (Lipinski definition) is 2. The van der Waals surface area contributed by atoms with Crippen molar-refractivity contribution >= 4 is 16.5 Å². The Hall–Kier alpha value is -1.90. The number of aromatic nitrogens is 2. The molecule has 0 saturated carbocycles. The number of rotatable bonds is 4. The van der Waals surface area contributed by atoms with Gasteiger partial charge in [0.05, 0.1) is 6.42 Å². The van der Waals surface area contributed by atoms with Gasteiger partial charge in [-0.05, 0) is 6.07 Å². The summed E-state index contributed by atoms with van der Waals surface area (Å²) in [5.41, 5.74) is 0.276. The molecule has 108 valence electrons. The number of halogens is 4. The highest BCUT2D eigenvalue weighted by molar-refractivity contribution is 7.15. The lowest BCUT2D eigenvalue weighted by atomic mass is 10.2. The zero-order chi connectivity index (χ0) is 14.8. The Kier molecular flexibility index (Phi) is 4.07. The van der Waals surface area contributed by atoms with E-state index in [4.69, 9.17) is 0 Å². The smallest absolute Gasteiger partial charge is 0.395 e. The SMILES string of the molecule is Oc1c(F)cccc1CNc1nnc(CC(F)(F)F)s1. The zero-order valence-corrected chi connectivity index (χ0v) is 10.7. The lowest BCUT2D eigenvalue weighted by Crippen LogP contribution is -2.11. The standard InChI is InChI=1S/C11H9F4N3OS/c12-7-3-1-2-6(9(7)19)5-16-10-18-17-8(20-10)4-11(13,14)15/h1-3,19H,4-5H2,(H,16,18). The number of anilines is 1. The minimum absolute atomic E-state index is 0.0320. The second-order valence-corrected chi connectivity index (χ2v) is 4.96. The fourth-order valence-electron chi connectivity index (χ4n) is 1.44. The van der Waals surface area contributed by atoms with Gasteiger partial charge in [0.25, 0.3) is 0 Å². The van der Waals surface area contributed by atoms with Crippen LogP contribution in [0.4, 0.5) is 22.7 Å². The van der Waals surface area contributed by atoms with Crippen molar-refractivity contribution in [1.29, 1.82) is 0 Å². The predicted octanol–water partition coefficient (Wildman–Crippen LogP) is 3.10. The first-order valence-electron chi connectivity index (χ1n) is 5.44. The van der Waals surface area contributed by atoms with Crippen LogP contribution in [0.15, 0.2) is 18.2 Å². The number of phenols is 1. The Morgan fingerprint density at radius 3 is 2.70 bits per heavy atom. The molecule has 2 rings (SSSR count). The maximum atomic E-state index is 13.1. The number of nitrogens with zero attached hydrogens (tertiary/aromatic N) is 2. The van der Waals surface area contributed by atoms with E-state index in [1.165, 1.54) is 12.1 Å². The Labute approximate surface area is 115 Å². The second-order valence-electron chi connectivity index (χ2n) is 3.89. The molecular weight excluding hydrogens is 298 g/mol. The first-order chi connectivity index (χ1) is 9.35. The number of alkyl halides is 3. The number of phenolic OH excluding ortho intramolecular Hbond substituents is 1. The zero-order valence-electron chi connectivity index (χ0n) is 9.91. The molecule has 0 bridgehead atoms. The van der Waals surface area contributed by atoms with Gasteiger partial charge in [-0.1, -0.05) is 23.5 Å².